The third-order valence-electron chi connectivity index (χ3n) is 2.31. The smallest absolute Gasteiger partial charge is 0.229 e. The molecule has 1 heterocycles. The first kappa shape index (κ1) is 12.0. The maximum atomic E-state index is 12.9. The number of pyridine rings is 1. The van der Waals surface area contributed by atoms with Gasteiger partial charge in [-0.25, -0.2) is 9.37 Å². The molecule has 3 N–H and O–H groups in total. The lowest BCUT2D eigenvalue weighted by Crippen LogP contribution is -2.15. The van der Waals surface area contributed by atoms with Gasteiger partial charge in [0.2, 0.25) is 5.91 Å². The second kappa shape index (κ2) is 5.27. The molecule has 0 aliphatic carbocycles. The number of hydrogen-bond acceptors (Lipinski definition) is 3. The number of anilines is 2. The van der Waals surface area contributed by atoms with Crippen molar-refractivity contribution in [2.75, 3.05) is 11.1 Å². The van der Waals surface area contributed by atoms with Crippen LogP contribution in [0.3, 0.4) is 0 Å². The van der Waals surface area contributed by atoms with Crippen molar-refractivity contribution in [3.05, 3.63) is 54.0 Å². The van der Waals surface area contributed by atoms with Crippen LogP contribution in [0.5, 0.6) is 0 Å². The molecule has 0 fully saturated rings. The van der Waals surface area contributed by atoms with Gasteiger partial charge in [0.15, 0.2) is 0 Å². The van der Waals surface area contributed by atoms with Gasteiger partial charge < -0.3 is 11.1 Å². The number of rotatable bonds is 3. The van der Waals surface area contributed by atoms with Crippen molar-refractivity contribution < 1.29 is 9.18 Å². The van der Waals surface area contributed by atoms with Crippen LogP contribution in [-0.2, 0) is 11.2 Å². The number of nitrogens with two attached hydrogens (primary N) is 1. The average molecular weight is 245 g/mol. The van der Waals surface area contributed by atoms with E-state index in [0.29, 0.717) is 17.1 Å². The maximum Gasteiger partial charge on any atom is 0.229 e. The van der Waals surface area contributed by atoms with Crippen LogP contribution in [0, 0.1) is 5.82 Å². The zero-order valence-electron chi connectivity index (χ0n) is 9.56. The Kier molecular flexibility index (Phi) is 3.52. The third-order valence-corrected chi connectivity index (χ3v) is 2.31. The third kappa shape index (κ3) is 3.28. The molecule has 0 aliphatic rings. The number of nitrogens with one attached hydrogen (secondary N) is 1. The van der Waals surface area contributed by atoms with Crippen LogP contribution < -0.4 is 11.1 Å². The summed E-state index contributed by atoms with van der Waals surface area (Å²) >= 11 is 0. The lowest BCUT2D eigenvalue weighted by Gasteiger charge is -2.04. The highest BCUT2D eigenvalue weighted by Crippen LogP contribution is 2.08. The summed E-state index contributed by atoms with van der Waals surface area (Å²) in [6.45, 7) is 0. The normalized spacial score (nSPS) is 10.1. The summed E-state index contributed by atoms with van der Waals surface area (Å²) < 4.78 is 12.9. The van der Waals surface area contributed by atoms with Crippen LogP contribution in [0.25, 0.3) is 0 Å². The van der Waals surface area contributed by atoms with Crippen LogP contribution in [0.2, 0.25) is 0 Å². The largest absolute Gasteiger partial charge is 0.397 e. The van der Waals surface area contributed by atoms with Gasteiger partial charge >= 0.3 is 0 Å². The van der Waals surface area contributed by atoms with Crippen LogP contribution >= 0.6 is 0 Å². The van der Waals surface area contributed by atoms with Crippen molar-refractivity contribution in [3.63, 3.8) is 0 Å². The minimum atomic E-state index is -0.356. The molecule has 1 aromatic carbocycles. The highest BCUT2D eigenvalue weighted by Gasteiger charge is 2.05. The summed E-state index contributed by atoms with van der Waals surface area (Å²) in [5, 5.41) is 2.61. The molecule has 1 aromatic heterocycles. The predicted molar refractivity (Wildman–Crippen MR) is 67.4 cm³/mol. The number of aromatic nitrogens is 1. The van der Waals surface area contributed by atoms with E-state index in [9.17, 15) is 9.18 Å². The van der Waals surface area contributed by atoms with Gasteiger partial charge in [-0.15, -0.1) is 0 Å². The number of hydrogen-bond donors (Lipinski definition) is 2. The minimum Gasteiger partial charge on any atom is -0.397 e. The molecule has 2 aromatic rings. The number of amides is 1. The Morgan fingerprint density at radius 2 is 2.17 bits per heavy atom. The standard InChI is InChI=1S/C13H12FN3O/c14-10-3-1-2-9(6-10)7-13(18)17-12-5-4-11(15)8-16-12/h1-6,8H,7,15H2,(H,16,17,18). The summed E-state index contributed by atoms with van der Waals surface area (Å²) in [6, 6.07) is 9.18. The highest BCUT2D eigenvalue weighted by molar-refractivity contribution is 5.91. The van der Waals surface area contributed by atoms with Gasteiger partial charge in [-0.3, -0.25) is 4.79 Å². The van der Waals surface area contributed by atoms with E-state index in [2.05, 4.69) is 10.3 Å². The number of nitrogens with zero attached hydrogens (tertiary/aromatic N) is 1. The molecular weight excluding hydrogens is 233 g/mol. The quantitative estimate of drug-likeness (QED) is 0.868. The first-order chi connectivity index (χ1) is 8.63. The molecule has 92 valence electrons. The molecule has 0 unspecified atom stereocenters. The SMILES string of the molecule is Nc1ccc(NC(=O)Cc2cccc(F)c2)nc1. The van der Waals surface area contributed by atoms with Crippen LogP contribution in [0.4, 0.5) is 15.9 Å². The van der Waals surface area contributed by atoms with Crippen molar-refractivity contribution in [1.29, 1.82) is 0 Å². The molecule has 0 bridgehead atoms. The van der Waals surface area contributed by atoms with Crippen molar-refractivity contribution in [2.24, 2.45) is 0 Å². The predicted octanol–water partition coefficient (Wildman–Crippen LogP) is 1.98. The van der Waals surface area contributed by atoms with Crippen LogP contribution in [-0.4, -0.2) is 10.9 Å². The van der Waals surface area contributed by atoms with Gasteiger partial charge in [-0.1, -0.05) is 12.1 Å². The highest BCUT2D eigenvalue weighted by atomic mass is 19.1. The Labute approximate surface area is 104 Å². The fourth-order valence-electron chi connectivity index (χ4n) is 1.50. The molecular formula is C13H12FN3O. The van der Waals surface area contributed by atoms with Crippen molar-refractivity contribution in [3.8, 4) is 0 Å². The van der Waals surface area contributed by atoms with E-state index in [0.717, 1.165) is 0 Å². The topological polar surface area (TPSA) is 68.0 Å². The van der Waals surface area contributed by atoms with Gasteiger partial charge in [0, 0.05) is 0 Å². The molecule has 2 rings (SSSR count). The van der Waals surface area contributed by atoms with E-state index in [1.807, 2.05) is 0 Å². The zero-order valence-corrected chi connectivity index (χ0v) is 9.56. The van der Waals surface area contributed by atoms with Crippen molar-refractivity contribution in [1.82, 2.24) is 4.98 Å². The Morgan fingerprint density at radius 1 is 1.33 bits per heavy atom. The summed E-state index contributed by atoms with van der Waals surface area (Å²) in [4.78, 5) is 15.6. The Bertz CT molecular complexity index is 554. The van der Waals surface area contributed by atoms with E-state index in [4.69, 9.17) is 5.73 Å². The first-order valence-corrected chi connectivity index (χ1v) is 5.39. The Balaban J connectivity index is 1.98. The number of carbonyl (C=O) groups excluding carboxylic acids is 1. The summed E-state index contributed by atoms with van der Waals surface area (Å²) in [7, 11) is 0. The summed E-state index contributed by atoms with van der Waals surface area (Å²) in [6.07, 6.45) is 1.56. The van der Waals surface area contributed by atoms with Gasteiger partial charge in [0.05, 0.1) is 18.3 Å². The van der Waals surface area contributed by atoms with Gasteiger partial charge in [0.1, 0.15) is 11.6 Å². The molecule has 5 heteroatoms. The fraction of sp³-hybridized carbons (Fsp3) is 0.0769. The summed E-state index contributed by atoms with van der Waals surface area (Å²) in [5.41, 5.74) is 6.62. The van der Waals surface area contributed by atoms with E-state index < -0.39 is 0 Å². The Hall–Kier alpha value is -2.43. The monoisotopic (exact) mass is 245 g/mol. The number of benzene rings is 1. The minimum absolute atomic E-state index is 0.101. The molecule has 0 spiro atoms. The molecule has 0 aliphatic heterocycles. The summed E-state index contributed by atoms with van der Waals surface area (Å²) in [5.74, 6) is -0.186. The molecule has 1 amide bonds. The van der Waals surface area contributed by atoms with Gasteiger partial charge in [-0.2, -0.15) is 0 Å². The fourth-order valence-corrected chi connectivity index (χ4v) is 1.50. The molecule has 0 radical (unpaired) electrons. The second-order valence-corrected chi connectivity index (χ2v) is 3.83. The lowest BCUT2D eigenvalue weighted by atomic mass is 10.1. The average Bonchev–Trinajstić information content (AvgIpc) is 2.32. The van der Waals surface area contributed by atoms with E-state index in [-0.39, 0.29) is 18.1 Å². The van der Waals surface area contributed by atoms with Crippen LogP contribution in [0.15, 0.2) is 42.6 Å². The Morgan fingerprint density at radius 3 is 2.83 bits per heavy atom. The second-order valence-electron chi connectivity index (χ2n) is 3.83. The molecule has 0 saturated carbocycles. The first-order valence-electron chi connectivity index (χ1n) is 5.39. The molecule has 4 nitrogen and oxygen atoms in total. The maximum absolute atomic E-state index is 12.9. The molecule has 0 saturated heterocycles. The van der Waals surface area contributed by atoms with E-state index in [1.54, 1.807) is 24.3 Å². The number of carbonyl (C=O) groups is 1. The van der Waals surface area contributed by atoms with E-state index in [1.165, 1.54) is 18.3 Å². The van der Waals surface area contributed by atoms with Gasteiger partial charge in [0.25, 0.3) is 0 Å². The lowest BCUT2D eigenvalue weighted by molar-refractivity contribution is -0.115. The number of nitrogen functional groups attached to an aromatic ring is 1. The van der Waals surface area contributed by atoms with Crippen molar-refractivity contribution in [2.45, 2.75) is 6.42 Å². The van der Waals surface area contributed by atoms with Crippen LogP contribution in [0.1, 0.15) is 5.56 Å². The number of halogens is 1. The van der Waals surface area contributed by atoms with E-state index >= 15 is 0 Å². The van der Waals surface area contributed by atoms with Crippen molar-refractivity contribution >= 4 is 17.4 Å². The van der Waals surface area contributed by atoms with Gasteiger partial charge in [-0.05, 0) is 29.8 Å². The zero-order chi connectivity index (χ0) is 13.0. The molecule has 0 atom stereocenters. The molecule has 18 heavy (non-hydrogen) atoms.